The second kappa shape index (κ2) is 6.64. The third-order valence-electron chi connectivity index (χ3n) is 3.14. The predicted molar refractivity (Wildman–Crippen MR) is 82.1 cm³/mol. The van der Waals surface area contributed by atoms with Gasteiger partial charge < -0.3 is 14.4 Å². The Labute approximate surface area is 132 Å². The number of carboxylic acid groups (broad SMARTS) is 1. The molecule has 2 aromatic rings. The molecule has 0 amide bonds. The molecule has 1 N–H and O–H groups in total. The molecular weight excluding hydrogens is 315 g/mol. The van der Waals surface area contributed by atoms with Gasteiger partial charge in [-0.05, 0) is 18.1 Å². The Balaban J connectivity index is 2.49. The summed E-state index contributed by atoms with van der Waals surface area (Å²) in [4.78, 5) is 15.6. The molecule has 21 heavy (non-hydrogen) atoms. The number of benzene rings is 1. The first kappa shape index (κ1) is 16.1. The van der Waals surface area contributed by atoms with E-state index in [1.807, 2.05) is 6.92 Å². The fraction of sp³-hybridized carbons (Fsp3) is 0.429. The number of imidazole rings is 1. The highest BCUT2D eigenvalue weighted by molar-refractivity contribution is 6.42. The van der Waals surface area contributed by atoms with Crippen LogP contribution in [0.5, 0.6) is 0 Å². The molecule has 5 nitrogen and oxygen atoms in total. The highest BCUT2D eigenvalue weighted by Crippen LogP contribution is 2.29. The smallest absolute Gasteiger partial charge is 0.323 e. The van der Waals surface area contributed by atoms with E-state index in [0.717, 1.165) is 0 Å². The van der Waals surface area contributed by atoms with Crippen molar-refractivity contribution in [3.63, 3.8) is 0 Å². The summed E-state index contributed by atoms with van der Waals surface area (Å²) in [5.74, 6) is -0.0124. The lowest BCUT2D eigenvalue weighted by Gasteiger charge is -2.11. The van der Waals surface area contributed by atoms with Gasteiger partial charge in [-0.25, -0.2) is 4.98 Å². The number of ether oxygens (including phenoxy) is 1. The van der Waals surface area contributed by atoms with Crippen molar-refractivity contribution in [2.24, 2.45) is 5.92 Å². The summed E-state index contributed by atoms with van der Waals surface area (Å²) in [5, 5.41) is 9.88. The minimum atomic E-state index is -0.930. The topological polar surface area (TPSA) is 64.4 Å². The molecule has 0 saturated carbocycles. The van der Waals surface area contributed by atoms with Crippen LogP contribution >= 0.6 is 23.2 Å². The Morgan fingerprint density at radius 3 is 2.71 bits per heavy atom. The molecule has 1 heterocycles. The van der Waals surface area contributed by atoms with E-state index in [9.17, 15) is 4.79 Å². The van der Waals surface area contributed by atoms with Crippen molar-refractivity contribution in [3.05, 3.63) is 28.0 Å². The predicted octanol–water partition coefficient (Wildman–Crippen LogP) is 3.25. The first-order valence-corrected chi connectivity index (χ1v) is 7.22. The van der Waals surface area contributed by atoms with Gasteiger partial charge in [0, 0.05) is 20.1 Å². The molecule has 0 spiro atoms. The molecule has 0 bridgehead atoms. The number of fused-ring (bicyclic) bond motifs is 1. The van der Waals surface area contributed by atoms with Crippen molar-refractivity contribution < 1.29 is 14.6 Å². The van der Waals surface area contributed by atoms with E-state index >= 15 is 0 Å². The number of nitrogens with zero attached hydrogens (tertiary/aromatic N) is 2. The van der Waals surface area contributed by atoms with Crippen molar-refractivity contribution in [3.8, 4) is 0 Å². The number of hydrogen-bond acceptors (Lipinski definition) is 3. The fourth-order valence-electron chi connectivity index (χ4n) is 2.29. The van der Waals surface area contributed by atoms with E-state index in [1.165, 1.54) is 0 Å². The van der Waals surface area contributed by atoms with Crippen molar-refractivity contribution in [1.29, 1.82) is 0 Å². The summed E-state index contributed by atoms with van der Waals surface area (Å²) in [7, 11) is 1.64. The summed E-state index contributed by atoms with van der Waals surface area (Å²) >= 11 is 12.0. The molecule has 0 radical (unpaired) electrons. The monoisotopic (exact) mass is 330 g/mol. The molecule has 0 saturated heterocycles. The van der Waals surface area contributed by atoms with Gasteiger partial charge in [0.05, 0.1) is 21.1 Å². The zero-order chi connectivity index (χ0) is 15.6. The van der Waals surface area contributed by atoms with Crippen molar-refractivity contribution >= 4 is 40.2 Å². The van der Waals surface area contributed by atoms with Crippen molar-refractivity contribution in [2.45, 2.75) is 19.9 Å². The van der Waals surface area contributed by atoms with Gasteiger partial charge in [-0.15, -0.1) is 0 Å². The van der Waals surface area contributed by atoms with E-state index in [0.29, 0.717) is 39.9 Å². The minimum absolute atomic E-state index is 0.163. The lowest BCUT2D eigenvalue weighted by molar-refractivity contribution is -0.137. The first-order chi connectivity index (χ1) is 9.92. The molecule has 1 unspecified atom stereocenters. The molecule has 2 rings (SSSR count). The van der Waals surface area contributed by atoms with Gasteiger partial charge in [-0.1, -0.05) is 30.1 Å². The van der Waals surface area contributed by atoms with E-state index in [-0.39, 0.29) is 12.5 Å². The molecule has 0 aliphatic heterocycles. The molecule has 1 aromatic carbocycles. The number of aromatic nitrogens is 2. The van der Waals surface area contributed by atoms with Crippen LogP contribution in [0.2, 0.25) is 10.0 Å². The molecule has 7 heteroatoms. The summed E-state index contributed by atoms with van der Waals surface area (Å²) in [6.45, 7) is 2.44. The van der Waals surface area contributed by atoms with Crippen LogP contribution in [-0.4, -0.2) is 34.3 Å². The number of aliphatic carboxylic acids is 1. The molecule has 0 aliphatic rings. The van der Waals surface area contributed by atoms with Crippen molar-refractivity contribution in [1.82, 2.24) is 9.55 Å². The van der Waals surface area contributed by atoms with Crippen LogP contribution in [0, 0.1) is 5.92 Å². The van der Waals surface area contributed by atoms with Crippen LogP contribution in [0.25, 0.3) is 11.0 Å². The van der Waals surface area contributed by atoms with Crippen LogP contribution in [-0.2, 0) is 22.5 Å². The number of carbonyl (C=O) groups is 1. The van der Waals surface area contributed by atoms with Gasteiger partial charge in [-0.2, -0.15) is 0 Å². The fourth-order valence-corrected chi connectivity index (χ4v) is 2.61. The van der Waals surface area contributed by atoms with Crippen LogP contribution in [0.4, 0.5) is 0 Å². The molecule has 1 aromatic heterocycles. The van der Waals surface area contributed by atoms with Gasteiger partial charge in [-0.3, -0.25) is 4.79 Å². The highest BCUT2D eigenvalue weighted by Gasteiger charge is 2.17. The SMILES string of the molecule is COCC(C)Cc1nc2cc(Cl)c(Cl)cc2n1CC(=O)O. The molecular formula is C14H16Cl2N2O3. The first-order valence-electron chi connectivity index (χ1n) is 6.47. The van der Waals surface area contributed by atoms with Crippen LogP contribution in [0.1, 0.15) is 12.7 Å². The Morgan fingerprint density at radius 2 is 2.10 bits per heavy atom. The Kier molecular flexibility index (Phi) is 5.08. The van der Waals surface area contributed by atoms with E-state index < -0.39 is 5.97 Å². The zero-order valence-electron chi connectivity index (χ0n) is 11.8. The third-order valence-corrected chi connectivity index (χ3v) is 3.87. The maximum Gasteiger partial charge on any atom is 0.323 e. The van der Waals surface area contributed by atoms with E-state index in [4.69, 9.17) is 33.0 Å². The van der Waals surface area contributed by atoms with Crippen LogP contribution < -0.4 is 0 Å². The maximum atomic E-state index is 11.1. The lowest BCUT2D eigenvalue weighted by Crippen LogP contribution is -2.15. The number of halogens is 2. The largest absolute Gasteiger partial charge is 0.480 e. The van der Waals surface area contributed by atoms with Gasteiger partial charge in [0.2, 0.25) is 0 Å². The number of rotatable bonds is 6. The average molecular weight is 331 g/mol. The van der Waals surface area contributed by atoms with Crippen LogP contribution in [0.15, 0.2) is 12.1 Å². The molecule has 114 valence electrons. The molecule has 1 atom stereocenters. The molecule has 0 aliphatic carbocycles. The quantitative estimate of drug-likeness (QED) is 0.882. The number of carboxylic acids is 1. The zero-order valence-corrected chi connectivity index (χ0v) is 13.3. The van der Waals surface area contributed by atoms with Gasteiger partial charge in [0.15, 0.2) is 0 Å². The summed E-state index contributed by atoms with van der Waals surface area (Å²) < 4.78 is 6.77. The van der Waals surface area contributed by atoms with E-state index in [1.54, 1.807) is 23.8 Å². The summed E-state index contributed by atoms with van der Waals surface area (Å²) in [6, 6.07) is 3.31. The average Bonchev–Trinajstić information content (AvgIpc) is 2.68. The lowest BCUT2D eigenvalue weighted by atomic mass is 10.1. The van der Waals surface area contributed by atoms with Gasteiger partial charge >= 0.3 is 5.97 Å². The Morgan fingerprint density at radius 1 is 1.43 bits per heavy atom. The molecule has 0 fully saturated rings. The minimum Gasteiger partial charge on any atom is -0.480 e. The second-order valence-corrected chi connectivity index (χ2v) is 5.84. The van der Waals surface area contributed by atoms with Gasteiger partial charge in [0.25, 0.3) is 0 Å². The summed E-state index contributed by atoms with van der Waals surface area (Å²) in [6.07, 6.45) is 0.616. The number of methoxy groups -OCH3 is 1. The van der Waals surface area contributed by atoms with Crippen molar-refractivity contribution in [2.75, 3.05) is 13.7 Å². The van der Waals surface area contributed by atoms with E-state index in [2.05, 4.69) is 4.98 Å². The second-order valence-electron chi connectivity index (χ2n) is 5.03. The third kappa shape index (κ3) is 3.67. The Bertz CT molecular complexity index is 670. The maximum absolute atomic E-state index is 11.1. The van der Waals surface area contributed by atoms with Gasteiger partial charge in [0.1, 0.15) is 12.4 Å². The normalized spacial score (nSPS) is 12.8. The Hall–Kier alpha value is -1.30. The van der Waals surface area contributed by atoms with Crippen LogP contribution in [0.3, 0.4) is 0 Å². The highest BCUT2D eigenvalue weighted by atomic mass is 35.5. The summed E-state index contributed by atoms with van der Waals surface area (Å²) in [5.41, 5.74) is 1.32. The standard InChI is InChI=1S/C14H16Cl2N2O3/c1-8(7-21-2)3-13-17-11-4-9(15)10(16)5-12(11)18(13)6-14(19)20/h4-5,8H,3,6-7H2,1-2H3,(H,19,20). The number of hydrogen-bond donors (Lipinski definition) is 1.